The average molecular weight is 345 g/mol. The largest absolute Gasteiger partial charge is 0.465 e. The fourth-order valence-corrected chi connectivity index (χ4v) is 2.39. The highest BCUT2D eigenvalue weighted by molar-refractivity contribution is 5.65. The maximum Gasteiger partial charge on any atom is 0.405 e. The third kappa shape index (κ3) is 4.17. The van der Waals surface area contributed by atoms with Gasteiger partial charge in [0.15, 0.2) is 0 Å². The van der Waals surface area contributed by atoms with Gasteiger partial charge in [-0.15, -0.1) is 10.2 Å². The van der Waals surface area contributed by atoms with E-state index in [0.717, 1.165) is 18.2 Å². The van der Waals surface area contributed by atoms with Gasteiger partial charge in [0.2, 0.25) is 11.8 Å². The zero-order chi connectivity index (χ0) is 17.8. The molecule has 128 valence electrons. The Balaban J connectivity index is 1.88. The molecule has 2 N–H and O–H groups in total. The summed E-state index contributed by atoms with van der Waals surface area (Å²) < 4.78 is 32.2. The Morgan fingerprint density at radius 1 is 1.12 bits per heavy atom. The molecule has 0 saturated heterocycles. The normalized spacial score (nSPS) is 11.9. The quantitative estimate of drug-likeness (QED) is 0.738. The lowest BCUT2D eigenvalue weighted by atomic mass is 10.1. The van der Waals surface area contributed by atoms with E-state index < -0.39 is 23.8 Å². The van der Waals surface area contributed by atoms with Crippen LogP contribution in [0.15, 0.2) is 52.9 Å². The Morgan fingerprint density at radius 2 is 1.80 bits per heavy atom. The second-order valence-corrected chi connectivity index (χ2v) is 5.30. The summed E-state index contributed by atoms with van der Waals surface area (Å²) in [5.41, 5.74) is 0.933. The maximum atomic E-state index is 13.3. The lowest BCUT2D eigenvalue weighted by Gasteiger charge is -2.13. The summed E-state index contributed by atoms with van der Waals surface area (Å²) in [7, 11) is 0. The molecule has 0 aliphatic heterocycles. The van der Waals surface area contributed by atoms with Crippen molar-refractivity contribution >= 4 is 6.09 Å². The minimum atomic E-state index is -1.32. The van der Waals surface area contributed by atoms with Crippen molar-refractivity contribution in [1.29, 1.82) is 0 Å². The van der Waals surface area contributed by atoms with E-state index in [1.807, 2.05) is 6.07 Å². The van der Waals surface area contributed by atoms with Crippen molar-refractivity contribution < 1.29 is 23.1 Å². The summed E-state index contributed by atoms with van der Waals surface area (Å²) in [6.45, 7) is 0. The van der Waals surface area contributed by atoms with E-state index in [4.69, 9.17) is 9.52 Å². The standard InChI is InChI=1S/C17H13F2N3O3/c18-12-6-10(7-13(19)9-12)8-14(20-17(23)24)16-22-21-15(25-16)11-4-2-1-3-5-11/h1-7,9,14,20H,8H2,(H,23,24). The van der Waals surface area contributed by atoms with Crippen molar-refractivity contribution in [3.63, 3.8) is 0 Å². The molecule has 0 fully saturated rings. The zero-order valence-corrected chi connectivity index (χ0v) is 12.8. The number of nitrogens with zero attached hydrogens (tertiary/aromatic N) is 2. The maximum absolute atomic E-state index is 13.3. The molecular formula is C17H13F2N3O3. The van der Waals surface area contributed by atoms with Gasteiger partial charge in [-0.1, -0.05) is 18.2 Å². The fourth-order valence-electron chi connectivity index (χ4n) is 2.39. The molecule has 0 spiro atoms. The molecule has 1 heterocycles. The molecule has 0 saturated carbocycles. The summed E-state index contributed by atoms with van der Waals surface area (Å²) in [5, 5.41) is 19.0. The van der Waals surface area contributed by atoms with Crippen LogP contribution in [0.2, 0.25) is 0 Å². The molecular weight excluding hydrogens is 332 g/mol. The summed E-state index contributed by atoms with van der Waals surface area (Å²) in [6.07, 6.45) is -1.36. The smallest absolute Gasteiger partial charge is 0.405 e. The van der Waals surface area contributed by atoms with Gasteiger partial charge in [0.25, 0.3) is 0 Å². The van der Waals surface area contributed by atoms with Gasteiger partial charge in [-0.2, -0.15) is 0 Å². The molecule has 8 heteroatoms. The van der Waals surface area contributed by atoms with Crippen LogP contribution in [0.25, 0.3) is 11.5 Å². The van der Waals surface area contributed by atoms with Gasteiger partial charge in [-0.3, -0.25) is 0 Å². The van der Waals surface area contributed by atoms with Crippen LogP contribution < -0.4 is 5.32 Å². The second-order valence-electron chi connectivity index (χ2n) is 5.30. The number of hydrogen-bond donors (Lipinski definition) is 2. The van der Waals surface area contributed by atoms with Crippen molar-refractivity contribution in [3.8, 4) is 11.5 Å². The minimum Gasteiger partial charge on any atom is -0.465 e. The van der Waals surface area contributed by atoms with Crippen molar-refractivity contribution in [2.24, 2.45) is 0 Å². The first-order chi connectivity index (χ1) is 12.0. The Bertz CT molecular complexity index is 864. The van der Waals surface area contributed by atoms with Gasteiger partial charge < -0.3 is 14.8 Å². The number of carbonyl (C=O) groups is 1. The van der Waals surface area contributed by atoms with Gasteiger partial charge in [0, 0.05) is 18.1 Å². The Kier molecular flexibility index (Phi) is 4.69. The topological polar surface area (TPSA) is 88.2 Å². The minimum absolute atomic E-state index is 0.00548. The Labute approximate surface area is 141 Å². The number of amides is 1. The Morgan fingerprint density at radius 3 is 2.44 bits per heavy atom. The van der Waals surface area contributed by atoms with E-state index in [1.165, 1.54) is 0 Å². The number of carboxylic acid groups (broad SMARTS) is 1. The highest BCUT2D eigenvalue weighted by Crippen LogP contribution is 2.23. The van der Waals surface area contributed by atoms with Crippen molar-refractivity contribution in [1.82, 2.24) is 15.5 Å². The molecule has 1 aromatic heterocycles. The second kappa shape index (κ2) is 7.08. The molecule has 1 atom stereocenters. The zero-order valence-electron chi connectivity index (χ0n) is 12.8. The van der Waals surface area contributed by atoms with Gasteiger partial charge in [-0.25, -0.2) is 13.6 Å². The number of nitrogens with one attached hydrogen (secondary N) is 1. The van der Waals surface area contributed by atoms with Gasteiger partial charge >= 0.3 is 6.09 Å². The summed E-state index contributed by atoms with van der Waals surface area (Å²) in [4.78, 5) is 11.0. The highest BCUT2D eigenvalue weighted by Gasteiger charge is 2.22. The van der Waals surface area contributed by atoms with Crippen molar-refractivity contribution in [3.05, 3.63) is 71.6 Å². The molecule has 3 rings (SSSR count). The van der Waals surface area contributed by atoms with E-state index in [1.54, 1.807) is 24.3 Å². The number of benzene rings is 2. The molecule has 2 aromatic carbocycles. The van der Waals surface area contributed by atoms with Crippen LogP contribution in [0.5, 0.6) is 0 Å². The van der Waals surface area contributed by atoms with Crippen LogP contribution in [-0.4, -0.2) is 21.4 Å². The van der Waals surface area contributed by atoms with Crippen molar-refractivity contribution in [2.45, 2.75) is 12.5 Å². The van der Waals surface area contributed by atoms with E-state index in [9.17, 15) is 13.6 Å². The predicted octanol–water partition coefficient (Wildman–Crippen LogP) is 3.57. The molecule has 0 radical (unpaired) electrons. The first-order valence-corrected chi connectivity index (χ1v) is 7.34. The van der Waals surface area contributed by atoms with Gasteiger partial charge in [0.1, 0.15) is 17.7 Å². The van der Waals surface area contributed by atoms with E-state index in [2.05, 4.69) is 15.5 Å². The van der Waals surface area contributed by atoms with Crippen LogP contribution in [0, 0.1) is 11.6 Å². The van der Waals surface area contributed by atoms with E-state index in [-0.39, 0.29) is 23.8 Å². The molecule has 3 aromatic rings. The van der Waals surface area contributed by atoms with Crippen molar-refractivity contribution in [2.75, 3.05) is 0 Å². The van der Waals surface area contributed by atoms with Crippen LogP contribution in [0.3, 0.4) is 0 Å². The molecule has 0 bridgehead atoms. The first-order valence-electron chi connectivity index (χ1n) is 7.34. The average Bonchev–Trinajstić information content (AvgIpc) is 3.04. The Hall–Kier alpha value is -3.29. The summed E-state index contributed by atoms with van der Waals surface area (Å²) in [5.74, 6) is -1.27. The molecule has 1 amide bonds. The summed E-state index contributed by atoms with van der Waals surface area (Å²) in [6, 6.07) is 11.0. The first kappa shape index (κ1) is 16.6. The predicted molar refractivity (Wildman–Crippen MR) is 83.7 cm³/mol. The highest BCUT2D eigenvalue weighted by atomic mass is 19.1. The van der Waals surface area contributed by atoms with Gasteiger partial charge in [-0.05, 0) is 29.8 Å². The molecule has 1 unspecified atom stereocenters. The third-order valence-corrected chi connectivity index (χ3v) is 3.42. The third-order valence-electron chi connectivity index (χ3n) is 3.42. The van der Waals surface area contributed by atoms with Crippen LogP contribution in [0.4, 0.5) is 13.6 Å². The van der Waals surface area contributed by atoms with E-state index in [0.29, 0.717) is 5.56 Å². The van der Waals surface area contributed by atoms with Crippen LogP contribution >= 0.6 is 0 Å². The molecule has 0 aliphatic carbocycles. The number of aromatic nitrogens is 2. The monoisotopic (exact) mass is 345 g/mol. The number of hydrogen-bond acceptors (Lipinski definition) is 4. The number of halogens is 2. The SMILES string of the molecule is O=C(O)NC(Cc1cc(F)cc(F)c1)c1nnc(-c2ccccc2)o1. The number of rotatable bonds is 5. The molecule has 25 heavy (non-hydrogen) atoms. The molecule has 0 aliphatic rings. The lowest BCUT2D eigenvalue weighted by molar-refractivity contribution is 0.187. The fraction of sp³-hybridized carbons (Fsp3) is 0.118. The van der Waals surface area contributed by atoms with E-state index >= 15 is 0 Å². The van der Waals surface area contributed by atoms with Gasteiger partial charge in [0.05, 0.1) is 0 Å². The summed E-state index contributed by atoms with van der Waals surface area (Å²) >= 11 is 0. The van der Waals surface area contributed by atoms with Crippen LogP contribution in [-0.2, 0) is 6.42 Å². The van der Waals surface area contributed by atoms with Crippen LogP contribution in [0.1, 0.15) is 17.5 Å². The lowest BCUT2D eigenvalue weighted by Crippen LogP contribution is -2.28. The molecule has 6 nitrogen and oxygen atoms in total.